The van der Waals surface area contributed by atoms with Crippen molar-refractivity contribution in [3.05, 3.63) is 88.8 Å². The Morgan fingerprint density at radius 2 is 1.67 bits per heavy atom. The normalized spacial score (nSPS) is 16.5. The van der Waals surface area contributed by atoms with Crippen LogP contribution in [0, 0.1) is 0 Å². The van der Waals surface area contributed by atoms with Crippen molar-refractivity contribution in [2.24, 2.45) is 0 Å². The van der Waals surface area contributed by atoms with E-state index in [2.05, 4.69) is 12.1 Å². The van der Waals surface area contributed by atoms with Crippen LogP contribution in [-0.4, -0.2) is 21.7 Å². The topological polar surface area (TPSA) is 20.3 Å². The van der Waals surface area contributed by atoms with Crippen LogP contribution in [-0.2, 0) is 11.2 Å². The quantitative estimate of drug-likeness (QED) is 0.576. The Balaban J connectivity index is 1.63. The third kappa shape index (κ3) is 4.22. The number of amides is 1. The second-order valence-electron chi connectivity index (χ2n) is 5.36. The van der Waals surface area contributed by atoms with Crippen molar-refractivity contribution in [1.29, 1.82) is 0 Å². The number of carbonyl (C=O) groups is 1. The van der Waals surface area contributed by atoms with Gasteiger partial charge in [-0.05, 0) is 23.6 Å². The maximum absolute atomic E-state index is 12.5. The largest absolute Gasteiger partial charge is 0.293 e. The molecule has 1 aliphatic heterocycles. The van der Waals surface area contributed by atoms with Gasteiger partial charge < -0.3 is 0 Å². The summed E-state index contributed by atoms with van der Waals surface area (Å²) >= 11 is 6.73. The molecule has 1 heterocycles. The molecule has 1 amide bonds. The summed E-state index contributed by atoms with van der Waals surface area (Å²) in [4.78, 5) is 14.9. The van der Waals surface area contributed by atoms with E-state index in [4.69, 9.17) is 12.2 Å². The van der Waals surface area contributed by atoms with E-state index in [0.717, 1.165) is 12.0 Å². The molecule has 2 nitrogen and oxygen atoms in total. The highest BCUT2D eigenvalue weighted by molar-refractivity contribution is 8.26. The minimum Gasteiger partial charge on any atom is -0.293 e. The maximum atomic E-state index is 12.5. The van der Waals surface area contributed by atoms with E-state index in [-0.39, 0.29) is 5.91 Å². The number of allylic oxidation sites excluding steroid dienone is 2. The number of thioether (sulfide) groups is 1. The number of hydrogen-bond acceptors (Lipinski definition) is 3. The van der Waals surface area contributed by atoms with E-state index < -0.39 is 0 Å². The van der Waals surface area contributed by atoms with Crippen molar-refractivity contribution in [3.63, 3.8) is 0 Å². The molecule has 1 saturated heterocycles. The molecule has 24 heavy (non-hydrogen) atoms. The second-order valence-corrected chi connectivity index (χ2v) is 7.04. The number of nitrogens with zero attached hydrogens (tertiary/aromatic N) is 1. The predicted octanol–water partition coefficient (Wildman–Crippen LogP) is 4.69. The minimum absolute atomic E-state index is 0.00126. The van der Waals surface area contributed by atoms with Crippen LogP contribution in [0.25, 0.3) is 6.08 Å². The zero-order valence-corrected chi connectivity index (χ0v) is 14.7. The van der Waals surface area contributed by atoms with Gasteiger partial charge in [0.2, 0.25) is 0 Å². The van der Waals surface area contributed by atoms with Crippen LogP contribution in [0.5, 0.6) is 0 Å². The average molecular weight is 351 g/mol. The van der Waals surface area contributed by atoms with E-state index in [1.165, 1.54) is 17.3 Å². The highest BCUT2D eigenvalue weighted by Crippen LogP contribution is 2.31. The molecule has 0 saturated carbocycles. The summed E-state index contributed by atoms with van der Waals surface area (Å²) in [6.07, 6.45) is 6.53. The molecule has 0 atom stereocenters. The molecule has 1 fully saturated rings. The van der Waals surface area contributed by atoms with Crippen LogP contribution in [0.15, 0.2) is 77.7 Å². The molecule has 0 N–H and O–H groups in total. The fourth-order valence-electron chi connectivity index (χ4n) is 2.40. The molecular formula is C20H17NOS2. The van der Waals surface area contributed by atoms with E-state index in [9.17, 15) is 4.79 Å². The lowest BCUT2D eigenvalue weighted by molar-refractivity contribution is -0.122. The fraction of sp³-hybridized carbons (Fsp3) is 0.100. The standard InChI is InChI=1S/C20H17NOS2/c22-19-18(13-7-12-16-8-3-1-4-9-16)24-20(23)21(19)15-14-17-10-5-2-6-11-17/h1-13H,14-15H2. The number of thiocarbonyl (C=S) groups is 1. The lowest BCUT2D eigenvalue weighted by Gasteiger charge is -2.14. The first-order valence-electron chi connectivity index (χ1n) is 7.75. The first kappa shape index (κ1) is 16.7. The Kier molecular flexibility index (Phi) is 5.62. The summed E-state index contributed by atoms with van der Waals surface area (Å²) < 4.78 is 0.635. The molecular weight excluding hydrogens is 334 g/mol. The van der Waals surface area contributed by atoms with Gasteiger partial charge >= 0.3 is 0 Å². The van der Waals surface area contributed by atoms with Gasteiger partial charge in [-0.3, -0.25) is 9.69 Å². The Labute approximate surface area is 151 Å². The van der Waals surface area contributed by atoms with Gasteiger partial charge in [-0.15, -0.1) is 0 Å². The van der Waals surface area contributed by atoms with Crippen LogP contribution < -0.4 is 0 Å². The van der Waals surface area contributed by atoms with Crippen molar-refractivity contribution >= 4 is 40.3 Å². The van der Waals surface area contributed by atoms with Crippen molar-refractivity contribution in [1.82, 2.24) is 4.90 Å². The molecule has 2 aromatic rings. The van der Waals surface area contributed by atoms with E-state index in [0.29, 0.717) is 15.8 Å². The number of hydrogen-bond donors (Lipinski definition) is 0. The molecule has 0 bridgehead atoms. The molecule has 4 heteroatoms. The first-order chi connectivity index (χ1) is 11.7. The molecule has 120 valence electrons. The number of carbonyl (C=O) groups excluding carboxylic acids is 1. The Morgan fingerprint density at radius 1 is 1.00 bits per heavy atom. The van der Waals surface area contributed by atoms with Crippen LogP contribution in [0.1, 0.15) is 11.1 Å². The maximum Gasteiger partial charge on any atom is 0.266 e. The smallest absolute Gasteiger partial charge is 0.266 e. The summed E-state index contributed by atoms with van der Waals surface area (Å²) in [5, 5.41) is 0. The van der Waals surface area contributed by atoms with Gasteiger partial charge in [-0.1, -0.05) is 96.8 Å². The Hall–Kier alpha value is -2.17. The Morgan fingerprint density at radius 3 is 2.38 bits per heavy atom. The molecule has 2 aromatic carbocycles. The molecule has 0 unspecified atom stereocenters. The molecule has 3 rings (SSSR count). The van der Waals surface area contributed by atoms with Gasteiger partial charge in [-0.25, -0.2) is 0 Å². The van der Waals surface area contributed by atoms with Crippen molar-refractivity contribution in [3.8, 4) is 0 Å². The monoisotopic (exact) mass is 351 g/mol. The second kappa shape index (κ2) is 8.08. The van der Waals surface area contributed by atoms with Crippen molar-refractivity contribution < 1.29 is 4.79 Å². The summed E-state index contributed by atoms with van der Waals surface area (Å²) in [5.41, 5.74) is 2.31. The van der Waals surface area contributed by atoms with Crippen LogP contribution in [0.2, 0.25) is 0 Å². The number of benzene rings is 2. The summed E-state index contributed by atoms with van der Waals surface area (Å²) in [6.45, 7) is 0.619. The summed E-state index contributed by atoms with van der Waals surface area (Å²) in [5.74, 6) is -0.00126. The predicted molar refractivity (Wildman–Crippen MR) is 106 cm³/mol. The van der Waals surface area contributed by atoms with Crippen LogP contribution in [0.3, 0.4) is 0 Å². The zero-order chi connectivity index (χ0) is 16.8. The summed E-state index contributed by atoms with van der Waals surface area (Å²) in [6, 6.07) is 20.1. The zero-order valence-electron chi connectivity index (χ0n) is 13.1. The van der Waals surface area contributed by atoms with Crippen molar-refractivity contribution in [2.75, 3.05) is 6.54 Å². The van der Waals surface area contributed by atoms with Crippen LogP contribution >= 0.6 is 24.0 Å². The number of rotatable bonds is 5. The molecule has 0 radical (unpaired) electrons. The SMILES string of the molecule is O=C1C(=CC=Cc2ccccc2)SC(=S)N1CCc1ccccc1. The Bertz CT molecular complexity index is 782. The van der Waals surface area contributed by atoms with Gasteiger partial charge in [0.05, 0.1) is 4.91 Å². The van der Waals surface area contributed by atoms with Gasteiger partial charge in [0.15, 0.2) is 0 Å². The molecule has 0 spiro atoms. The van der Waals surface area contributed by atoms with Gasteiger partial charge in [-0.2, -0.15) is 0 Å². The van der Waals surface area contributed by atoms with E-state index in [1.54, 1.807) is 4.90 Å². The van der Waals surface area contributed by atoms with Gasteiger partial charge in [0, 0.05) is 6.54 Å². The molecule has 0 aliphatic carbocycles. The average Bonchev–Trinajstić information content (AvgIpc) is 2.89. The lowest BCUT2D eigenvalue weighted by atomic mass is 10.1. The highest BCUT2D eigenvalue weighted by atomic mass is 32.2. The third-order valence-corrected chi connectivity index (χ3v) is 5.07. The third-order valence-electron chi connectivity index (χ3n) is 3.68. The van der Waals surface area contributed by atoms with Crippen molar-refractivity contribution in [2.45, 2.75) is 6.42 Å². The van der Waals surface area contributed by atoms with Gasteiger partial charge in [0.1, 0.15) is 4.32 Å². The molecule has 0 aromatic heterocycles. The van der Waals surface area contributed by atoms with E-state index >= 15 is 0 Å². The molecule has 1 aliphatic rings. The first-order valence-corrected chi connectivity index (χ1v) is 8.97. The lowest BCUT2D eigenvalue weighted by Crippen LogP contribution is -2.30. The van der Waals surface area contributed by atoms with Crippen LogP contribution in [0.4, 0.5) is 0 Å². The van der Waals surface area contributed by atoms with E-state index in [1.807, 2.05) is 66.8 Å². The van der Waals surface area contributed by atoms with Gasteiger partial charge in [0.25, 0.3) is 5.91 Å². The highest BCUT2D eigenvalue weighted by Gasteiger charge is 2.31. The minimum atomic E-state index is -0.00126. The fourth-order valence-corrected chi connectivity index (χ4v) is 3.66. The summed E-state index contributed by atoms with van der Waals surface area (Å²) in [7, 11) is 0.